The lowest BCUT2D eigenvalue weighted by molar-refractivity contribution is 0.0994. The molecule has 116 valence electrons. The molecule has 2 N–H and O–H groups in total. The number of amides is 1. The molecule has 0 aliphatic rings. The van der Waals surface area contributed by atoms with Crippen LogP contribution in [0.1, 0.15) is 21.5 Å². The van der Waals surface area contributed by atoms with Crippen molar-refractivity contribution in [3.05, 3.63) is 57.6 Å². The highest BCUT2D eigenvalue weighted by Crippen LogP contribution is 2.38. The summed E-state index contributed by atoms with van der Waals surface area (Å²) in [6, 6.07) is 10.9. The maximum absolute atomic E-state index is 12.2. The van der Waals surface area contributed by atoms with Gasteiger partial charge in [-0.15, -0.1) is 10.2 Å². The van der Waals surface area contributed by atoms with E-state index in [1.807, 2.05) is 38.1 Å². The molecule has 3 rings (SSSR count). The monoisotopic (exact) mass is 371 g/mol. The number of halogens is 1. The molecule has 0 atom stereocenters. The first-order valence-corrected chi connectivity index (χ1v) is 7.79. The zero-order valence-corrected chi connectivity index (χ0v) is 14.2. The Bertz CT molecular complexity index is 944. The number of aryl methyl sites for hydroxylation is 2. The van der Waals surface area contributed by atoms with E-state index in [1.54, 1.807) is 12.1 Å². The Morgan fingerprint density at radius 2 is 1.91 bits per heavy atom. The Morgan fingerprint density at radius 1 is 1.17 bits per heavy atom. The topological polar surface area (TPSA) is 77.8 Å². The molecule has 23 heavy (non-hydrogen) atoms. The molecule has 0 bridgehead atoms. The second-order valence-electron chi connectivity index (χ2n) is 5.29. The minimum Gasteiger partial charge on any atom is -0.493 e. The molecule has 0 fully saturated rings. The van der Waals surface area contributed by atoms with Gasteiger partial charge in [0.15, 0.2) is 5.69 Å². The number of azo groups is 1. The fraction of sp³-hybridized carbons (Fsp3) is 0.118. The van der Waals surface area contributed by atoms with Crippen LogP contribution in [0.2, 0.25) is 0 Å². The number of aromatic hydroxyl groups is 1. The molecule has 1 heterocycles. The second kappa shape index (κ2) is 5.96. The summed E-state index contributed by atoms with van der Waals surface area (Å²) in [5, 5.41) is 18.4. The quantitative estimate of drug-likeness (QED) is 0.608. The molecule has 2 aromatic carbocycles. The molecule has 1 amide bonds. The van der Waals surface area contributed by atoms with Gasteiger partial charge < -0.3 is 10.1 Å². The number of hydrogen-bond donors (Lipinski definition) is 2. The minimum absolute atomic E-state index is 0.112. The highest BCUT2D eigenvalue weighted by Gasteiger charge is 2.13. The summed E-state index contributed by atoms with van der Waals surface area (Å²) >= 11 is 3.45. The predicted molar refractivity (Wildman–Crippen MR) is 92.4 cm³/mol. The van der Waals surface area contributed by atoms with E-state index in [-0.39, 0.29) is 11.6 Å². The van der Waals surface area contributed by atoms with E-state index in [9.17, 15) is 9.90 Å². The zero-order valence-electron chi connectivity index (χ0n) is 12.6. The number of fused-ring (bicyclic) bond motifs is 1. The molecule has 6 heteroatoms. The number of carbonyl (C=O) groups is 1. The van der Waals surface area contributed by atoms with Crippen LogP contribution in [-0.4, -0.2) is 16.0 Å². The summed E-state index contributed by atoms with van der Waals surface area (Å²) in [4.78, 5) is 15.0. The molecular formula is C17H14BrN3O2. The van der Waals surface area contributed by atoms with E-state index in [1.165, 1.54) is 0 Å². The number of nitrogens with zero attached hydrogens (tertiary/aromatic N) is 2. The van der Waals surface area contributed by atoms with Crippen molar-refractivity contribution in [2.75, 3.05) is 0 Å². The summed E-state index contributed by atoms with van der Waals surface area (Å²) in [6.45, 7) is 3.79. The molecule has 0 spiro atoms. The second-order valence-corrected chi connectivity index (χ2v) is 6.14. The van der Waals surface area contributed by atoms with Gasteiger partial charge in [0.2, 0.25) is 5.88 Å². The molecule has 3 aromatic rings. The minimum atomic E-state index is -0.442. The maximum Gasteiger partial charge on any atom is 0.295 e. The normalized spacial score (nSPS) is 11.4. The Hall–Kier alpha value is -2.47. The molecule has 0 radical (unpaired) electrons. The molecule has 0 aliphatic heterocycles. The third kappa shape index (κ3) is 2.90. The Labute approximate surface area is 141 Å². The summed E-state index contributed by atoms with van der Waals surface area (Å²) in [6.07, 6.45) is 0. The van der Waals surface area contributed by atoms with Gasteiger partial charge in [0.1, 0.15) is 0 Å². The van der Waals surface area contributed by atoms with Gasteiger partial charge in [-0.25, -0.2) is 0 Å². The zero-order chi connectivity index (χ0) is 16.6. The van der Waals surface area contributed by atoms with E-state index in [4.69, 9.17) is 0 Å². The van der Waals surface area contributed by atoms with Crippen molar-refractivity contribution in [3.63, 3.8) is 0 Å². The molecule has 0 saturated heterocycles. The van der Waals surface area contributed by atoms with Crippen LogP contribution < -0.4 is 0 Å². The van der Waals surface area contributed by atoms with Gasteiger partial charge >= 0.3 is 0 Å². The smallest absolute Gasteiger partial charge is 0.295 e. The average Bonchev–Trinajstić information content (AvgIpc) is 2.80. The number of nitrogens with one attached hydrogen (secondary N) is 1. The highest BCUT2D eigenvalue weighted by molar-refractivity contribution is 9.10. The Balaban J connectivity index is 2.01. The highest BCUT2D eigenvalue weighted by atomic mass is 79.9. The number of benzene rings is 2. The SMILES string of the molecule is Cc1cc2[nH]c(O)c(N=NC(=O)c3ccccc3C)c2cc1Br. The van der Waals surface area contributed by atoms with Crippen LogP contribution in [0.5, 0.6) is 5.88 Å². The van der Waals surface area contributed by atoms with E-state index < -0.39 is 5.91 Å². The van der Waals surface area contributed by atoms with E-state index >= 15 is 0 Å². The molecular weight excluding hydrogens is 358 g/mol. The molecule has 0 aliphatic carbocycles. The van der Waals surface area contributed by atoms with Gasteiger partial charge in [-0.2, -0.15) is 0 Å². The van der Waals surface area contributed by atoms with Crippen molar-refractivity contribution >= 4 is 38.4 Å². The van der Waals surface area contributed by atoms with E-state index in [2.05, 4.69) is 31.1 Å². The first-order valence-electron chi connectivity index (χ1n) is 7.00. The van der Waals surface area contributed by atoms with Crippen LogP contribution in [-0.2, 0) is 0 Å². The lowest BCUT2D eigenvalue weighted by Gasteiger charge is -1.99. The van der Waals surface area contributed by atoms with E-state index in [0.717, 1.165) is 21.1 Å². The third-order valence-corrected chi connectivity index (χ3v) is 4.50. The summed E-state index contributed by atoms with van der Waals surface area (Å²) < 4.78 is 0.894. The molecule has 1 aromatic heterocycles. The Morgan fingerprint density at radius 3 is 2.65 bits per heavy atom. The number of H-pyrrole nitrogens is 1. The first-order chi connectivity index (χ1) is 11.0. The predicted octanol–water partition coefficient (Wildman–Crippen LogP) is 5.18. The Kier molecular flexibility index (Phi) is 4.00. The maximum atomic E-state index is 12.2. The van der Waals surface area contributed by atoms with Gasteiger partial charge in [-0.05, 0) is 43.2 Å². The van der Waals surface area contributed by atoms with Crippen LogP contribution in [0.25, 0.3) is 10.9 Å². The van der Waals surface area contributed by atoms with Crippen LogP contribution in [0, 0.1) is 13.8 Å². The van der Waals surface area contributed by atoms with E-state index in [0.29, 0.717) is 10.9 Å². The van der Waals surface area contributed by atoms with Gasteiger partial charge in [0.05, 0.1) is 5.52 Å². The fourth-order valence-electron chi connectivity index (χ4n) is 2.36. The molecule has 0 unspecified atom stereocenters. The number of aromatic nitrogens is 1. The van der Waals surface area contributed by atoms with Gasteiger partial charge in [0.25, 0.3) is 5.91 Å². The number of carbonyl (C=O) groups excluding carboxylic acids is 1. The van der Waals surface area contributed by atoms with Crippen molar-refractivity contribution in [1.82, 2.24) is 4.98 Å². The van der Waals surface area contributed by atoms with Crippen molar-refractivity contribution in [3.8, 4) is 5.88 Å². The lowest BCUT2D eigenvalue weighted by Crippen LogP contribution is -1.96. The number of hydrogen-bond acceptors (Lipinski definition) is 3. The van der Waals surface area contributed by atoms with Crippen molar-refractivity contribution in [2.45, 2.75) is 13.8 Å². The summed E-state index contributed by atoms with van der Waals surface area (Å²) in [7, 11) is 0. The summed E-state index contributed by atoms with van der Waals surface area (Å²) in [5.74, 6) is -0.554. The van der Waals surface area contributed by atoms with Crippen LogP contribution in [0.15, 0.2) is 51.1 Å². The average molecular weight is 372 g/mol. The number of aromatic amines is 1. The van der Waals surface area contributed by atoms with Crippen molar-refractivity contribution in [2.24, 2.45) is 10.2 Å². The van der Waals surface area contributed by atoms with Crippen LogP contribution in [0.4, 0.5) is 5.69 Å². The summed E-state index contributed by atoms with van der Waals surface area (Å²) in [5.41, 5.74) is 3.34. The molecule has 0 saturated carbocycles. The third-order valence-electron chi connectivity index (χ3n) is 3.65. The van der Waals surface area contributed by atoms with Gasteiger partial charge in [-0.1, -0.05) is 34.1 Å². The number of rotatable bonds is 2. The van der Waals surface area contributed by atoms with Gasteiger partial charge in [-0.3, -0.25) is 4.79 Å². The standard InChI is InChI=1S/C17H14BrN3O2/c1-9-5-3-4-6-11(9)16(22)21-20-15-12-8-13(18)10(2)7-14(12)19-17(15)23/h3-8,19,23H,1-2H3. The van der Waals surface area contributed by atoms with Crippen LogP contribution in [0.3, 0.4) is 0 Å². The lowest BCUT2D eigenvalue weighted by atomic mass is 10.1. The van der Waals surface area contributed by atoms with Crippen LogP contribution >= 0.6 is 15.9 Å². The fourth-order valence-corrected chi connectivity index (χ4v) is 2.70. The van der Waals surface area contributed by atoms with Crippen molar-refractivity contribution in [1.29, 1.82) is 0 Å². The van der Waals surface area contributed by atoms with Crippen molar-refractivity contribution < 1.29 is 9.90 Å². The first kappa shape index (κ1) is 15.4. The van der Waals surface area contributed by atoms with Gasteiger partial charge in [0, 0.05) is 15.4 Å². The molecule has 5 nitrogen and oxygen atoms in total. The largest absolute Gasteiger partial charge is 0.493 e.